The van der Waals surface area contributed by atoms with Gasteiger partial charge in [-0.05, 0) is 0 Å². The third kappa shape index (κ3) is 18.4. The van der Waals surface area contributed by atoms with Crippen molar-refractivity contribution in [2.75, 3.05) is 0 Å². The average Bonchev–Trinajstić information content (AvgIpc) is 1.88. The normalized spacial score (nSPS) is 8.46. The number of rotatable bonds is 2. The topological polar surface area (TPSA) is 161 Å². The Kier molecular flexibility index (Phi) is 13.3. The van der Waals surface area contributed by atoms with Crippen molar-refractivity contribution in [3.63, 3.8) is 0 Å². The maximum absolute atomic E-state index is 9.09. The van der Waals surface area contributed by atoms with E-state index in [2.05, 4.69) is 0 Å². The van der Waals surface area contributed by atoms with Crippen LogP contribution in [-0.2, 0) is 29.1 Å². The van der Waals surface area contributed by atoms with Crippen LogP contribution in [0.4, 0.5) is 0 Å². The molecule has 0 atom stereocenters. The molecule has 72 valence electrons. The van der Waals surface area contributed by atoms with Crippen LogP contribution < -0.4 is 10.2 Å². The molecule has 0 amide bonds. The smallest absolute Gasteiger partial charge is 0.545 e. The summed E-state index contributed by atoms with van der Waals surface area (Å²) in [5, 5.41) is 48.3. The second kappa shape index (κ2) is 9.49. The second-order valence-electron chi connectivity index (χ2n) is 1.39. The van der Waals surface area contributed by atoms with E-state index in [0.29, 0.717) is 0 Å². The van der Waals surface area contributed by atoms with E-state index in [1.54, 1.807) is 0 Å². The summed E-state index contributed by atoms with van der Waals surface area (Å²) in [5.41, 5.74) is 0. The maximum Gasteiger partial charge on any atom is 2.00 e. The largest absolute Gasteiger partial charge is 2.00 e. The molecule has 0 radical (unpaired) electrons. The van der Waals surface area contributed by atoms with Gasteiger partial charge in [-0.25, -0.2) is 0 Å². The van der Waals surface area contributed by atoms with E-state index >= 15 is 0 Å². The van der Waals surface area contributed by atoms with Crippen LogP contribution in [0, 0.1) is 0 Å². The fourth-order valence-electron chi connectivity index (χ4n) is 0. The maximum atomic E-state index is 9.09. The van der Waals surface area contributed by atoms with Crippen molar-refractivity contribution in [2.45, 2.75) is 12.6 Å². The summed E-state index contributed by atoms with van der Waals surface area (Å²) in [5.74, 6) is -3.76. The van der Waals surface area contributed by atoms with Crippen LogP contribution in [0.3, 0.4) is 0 Å². The number of hydrogen-bond acceptors (Lipinski definition) is 8. The quantitative estimate of drug-likeness (QED) is 0.277. The van der Waals surface area contributed by atoms with Crippen molar-refractivity contribution in [2.24, 2.45) is 0 Å². The molecule has 0 aliphatic heterocycles. The number of carbonyl (C=O) groups excluding carboxylic acids is 2. The minimum absolute atomic E-state index is 0. The summed E-state index contributed by atoms with van der Waals surface area (Å²) in [6, 6.07) is 0. The van der Waals surface area contributed by atoms with Gasteiger partial charge in [0.2, 0.25) is 0 Å². The Bertz CT molecular complexity index is 136. The second-order valence-corrected chi connectivity index (χ2v) is 1.39. The molecule has 0 heterocycles. The first-order chi connectivity index (χ1) is 5.29. The average molecular weight is 247 g/mol. The van der Waals surface area contributed by atoms with Gasteiger partial charge in [-0.15, -0.1) is 0 Å². The van der Waals surface area contributed by atoms with Gasteiger partial charge in [0.05, 0.1) is 11.9 Å². The minimum atomic E-state index is -2.34. The van der Waals surface area contributed by atoms with Crippen LogP contribution in [0.25, 0.3) is 0 Å². The minimum Gasteiger partial charge on any atom is -0.545 e. The van der Waals surface area contributed by atoms with Gasteiger partial charge < -0.3 is 40.2 Å². The molecule has 9 heteroatoms. The Morgan fingerprint density at radius 3 is 0.923 bits per heavy atom. The fourth-order valence-corrected chi connectivity index (χ4v) is 0. The molecule has 0 fully saturated rings. The Morgan fingerprint density at radius 1 is 0.846 bits per heavy atom. The SMILES string of the molecule is O=C([O-])C(O)O.O=C([O-])C(O)O.[Zn+2]. The molecule has 0 saturated heterocycles. The van der Waals surface area contributed by atoms with E-state index in [1.807, 2.05) is 0 Å². The fraction of sp³-hybridized carbons (Fsp3) is 0.500. The molecule has 0 spiro atoms. The number of aliphatic carboxylic acids is 2. The summed E-state index contributed by atoms with van der Waals surface area (Å²) in [4.78, 5) is 18.2. The van der Waals surface area contributed by atoms with Crippen LogP contribution in [0.1, 0.15) is 0 Å². The summed E-state index contributed by atoms with van der Waals surface area (Å²) in [6.07, 6.45) is -4.69. The van der Waals surface area contributed by atoms with Gasteiger partial charge in [-0.1, -0.05) is 0 Å². The van der Waals surface area contributed by atoms with E-state index in [-0.39, 0.29) is 19.5 Å². The van der Waals surface area contributed by atoms with E-state index in [9.17, 15) is 0 Å². The molecule has 0 unspecified atom stereocenters. The van der Waals surface area contributed by atoms with E-state index in [1.165, 1.54) is 0 Å². The number of carboxylic acids is 2. The number of aliphatic hydroxyl groups excluding tert-OH is 2. The molecule has 0 aromatic rings. The first kappa shape index (κ1) is 18.2. The predicted octanol–water partition coefficient (Wildman–Crippen LogP) is -5.91. The molecule has 4 N–H and O–H groups in total. The zero-order valence-corrected chi connectivity index (χ0v) is 9.25. The van der Waals surface area contributed by atoms with Crippen LogP contribution in [0.15, 0.2) is 0 Å². The van der Waals surface area contributed by atoms with Crippen LogP contribution in [-0.4, -0.2) is 44.9 Å². The first-order valence-corrected chi connectivity index (χ1v) is 2.43. The third-order valence-corrected chi connectivity index (χ3v) is 0.422. The molecule has 0 rings (SSSR count). The van der Waals surface area contributed by atoms with Crippen molar-refractivity contribution in [1.82, 2.24) is 0 Å². The molecular formula is C4H6O8Zn. The number of aliphatic hydroxyl groups is 4. The molecule has 0 aliphatic carbocycles. The van der Waals surface area contributed by atoms with Gasteiger partial charge in [0.1, 0.15) is 0 Å². The predicted molar refractivity (Wildman–Crippen MR) is 26.5 cm³/mol. The third-order valence-electron chi connectivity index (χ3n) is 0.422. The Morgan fingerprint density at radius 2 is 0.923 bits per heavy atom. The van der Waals surface area contributed by atoms with Crippen LogP contribution >= 0.6 is 0 Å². The first-order valence-electron chi connectivity index (χ1n) is 2.43. The zero-order valence-electron chi connectivity index (χ0n) is 6.28. The number of carboxylic acid groups (broad SMARTS) is 2. The summed E-state index contributed by atoms with van der Waals surface area (Å²) < 4.78 is 0. The Balaban J connectivity index is -0.000000143. The van der Waals surface area contributed by atoms with E-state index in [0.717, 1.165) is 0 Å². The molecule has 0 aromatic carbocycles. The van der Waals surface area contributed by atoms with Crippen molar-refractivity contribution in [3.8, 4) is 0 Å². The summed E-state index contributed by atoms with van der Waals surface area (Å²) in [7, 11) is 0. The van der Waals surface area contributed by atoms with Crippen molar-refractivity contribution < 1.29 is 59.7 Å². The molecule has 0 bridgehead atoms. The van der Waals surface area contributed by atoms with Crippen LogP contribution in [0.2, 0.25) is 0 Å². The summed E-state index contributed by atoms with van der Waals surface area (Å²) >= 11 is 0. The molecule has 0 aromatic heterocycles. The van der Waals surface area contributed by atoms with Crippen molar-refractivity contribution in [1.29, 1.82) is 0 Å². The molecule has 0 saturated carbocycles. The molecule has 8 nitrogen and oxygen atoms in total. The number of carbonyl (C=O) groups is 2. The Labute approximate surface area is 84.8 Å². The molecule has 13 heavy (non-hydrogen) atoms. The van der Waals surface area contributed by atoms with Crippen molar-refractivity contribution in [3.05, 3.63) is 0 Å². The Hall–Kier alpha value is -0.597. The van der Waals surface area contributed by atoms with Crippen LogP contribution in [0.5, 0.6) is 0 Å². The standard InChI is InChI=1S/2C2H4O4.Zn/c2*3-1(4)2(5)6;/h2*1,3-4H,(H,5,6);/q;;+2/p-2. The van der Waals surface area contributed by atoms with Gasteiger partial charge in [0.25, 0.3) is 0 Å². The molecular weight excluding hydrogens is 241 g/mol. The monoisotopic (exact) mass is 246 g/mol. The zero-order chi connectivity index (χ0) is 10.3. The van der Waals surface area contributed by atoms with E-state index < -0.39 is 24.5 Å². The van der Waals surface area contributed by atoms with E-state index in [4.69, 9.17) is 40.2 Å². The van der Waals surface area contributed by atoms with Gasteiger partial charge in [0.15, 0.2) is 12.6 Å². The van der Waals surface area contributed by atoms with Gasteiger partial charge >= 0.3 is 19.5 Å². The van der Waals surface area contributed by atoms with Gasteiger partial charge in [-0.3, -0.25) is 0 Å². The number of hydrogen-bond donors (Lipinski definition) is 4. The summed E-state index contributed by atoms with van der Waals surface area (Å²) in [6.45, 7) is 0. The van der Waals surface area contributed by atoms with Gasteiger partial charge in [0, 0.05) is 0 Å². The van der Waals surface area contributed by atoms with Crippen molar-refractivity contribution >= 4 is 11.9 Å². The van der Waals surface area contributed by atoms with Gasteiger partial charge in [-0.2, -0.15) is 0 Å². The molecule has 0 aliphatic rings.